The molecule has 0 radical (unpaired) electrons. The van der Waals surface area contributed by atoms with Crippen LogP contribution in [0.15, 0.2) is 83.9 Å². The number of nitrogens with one attached hydrogen (secondary N) is 1. The maximum absolute atomic E-state index is 13.3. The van der Waals surface area contributed by atoms with Gasteiger partial charge in [0.2, 0.25) is 5.91 Å². The number of carbonyl (C=O) groups is 1. The quantitative estimate of drug-likeness (QED) is 0.449. The molecule has 0 aliphatic carbocycles. The van der Waals surface area contributed by atoms with Gasteiger partial charge in [0.1, 0.15) is 12.3 Å². The molecule has 4 aromatic rings. The van der Waals surface area contributed by atoms with Crippen molar-refractivity contribution in [2.45, 2.75) is 24.1 Å². The molecule has 164 valence electrons. The normalized spacial score (nSPS) is 11.4. The number of amides is 1. The number of aryl methyl sites for hydroxylation is 1. The second-order valence-electron chi connectivity index (χ2n) is 7.63. The summed E-state index contributed by atoms with van der Waals surface area (Å²) in [6.07, 6.45) is 1.55. The van der Waals surface area contributed by atoms with Gasteiger partial charge in [0, 0.05) is 17.1 Å². The van der Waals surface area contributed by atoms with Crippen LogP contribution in [0.2, 0.25) is 0 Å². The molecular weight excluding hydrogens is 424 g/mol. The van der Waals surface area contributed by atoms with Gasteiger partial charge in [-0.3, -0.25) is 4.79 Å². The van der Waals surface area contributed by atoms with E-state index in [2.05, 4.69) is 5.32 Å². The molecule has 0 unspecified atom stereocenters. The molecule has 1 N–H and O–H groups in total. The minimum atomic E-state index is -3.61. The summed E-state index contributed by atoms with van der Waals surface area (Å²) in [5.74, 6) is 0.174. The molecule has 0 saturated heterocycles. The minimum Gasteiger partial charge on any atom is -0.495 e. The molecule has 0 atom stereocenters. The molecule has 1 heterocycles. The highest BCUT2D eigenvalue weighted by atomic mass is 32.2. The van der Waals surface area contributed by atoms with Crippen molar-refractivity contribution in [2.75, 3.05) is 12.4 Å². The topological polar surface area (TPSA) is 77.4 Å². The van der Waals surface area contributed by atoms with E-state index in [1.807, 2.05) is 49.4 Å². The zero-order chi connectivity index (χ0) is 22.7. The lowest BCUT2D eigenvalue weighted by Crippen LogP contribution is -2.18. The minimum absolute atomic E-state index is 0.0292. The van der Waals surface area contributed by atoms with Gasteiger partial charge in [-0.25, -0.2) is 8.42 Å². The number of anilines is 1. The predicted molar refractivity (Wildman–Crippen MR) is 126 cm³/mol. The number of fused-ring (bicyclic) bond motifs is 1. The Hall–Kier alpha value is -3.58. The van der Waals surface area contributed by atoms with Crippen LogP contribution < -0.4 is 10.1 Å². The second-order valence-corrected chi connectivity index (χ2v) is 9.59. The van der Waals surface area contributed by atoms with Crippen LogP contribution in [-0.2, 0) is 26.9 Å². The van der Waals surface area contributed by atoms with Gasteiger partial charge in [-0.15, -0.1) is 0 Å². The lowest BCUT2D eigenvalue weighted by atomic mass is 10.2. The van der Waals surface area contributed by atoms with Crippen LogP contribution in [0.4, 0.5) is 5.69 Å². The Morgan fingerprint density at radius 3 is 2.53 bits per heavy atom. The lowest BCUT2D eigenvalue weighted by Gasteiger charge is -2.10. The summed E-state index contributed by atoms with van der Waals surface area (Å²) >= 11 is 0. The smallest absolute Gasteiger partial charge is 0.244 e. The monoisotopic (exact) mass is 448 g/mol. The maximum Gasteiger partial charge on any atom is 0.244 e. The number of para-hydroxylation sites is 3. The van der Waals surface area contributed by atoms with Crippen molar-refractivity contribution in [3.05, 3.63) is 90.1 Å². The van der Waals surface area contributed by atoms with Gasteiger partial charge < -0.3 is 14.6 Å². The molecule has 3 aromatic carbocycles. The first-order valence-corrected chi connectivity index (χ1v) is 11.8. The van der Waals surface area contributed by atoms with Crippen LogP contribution in [0, 0.1) is 6.92 Å². The Balaban J connectivity index is 1.65. The average molecular weight is 449 g/mol. The highest BCUT2D eigenvalue weighted by Crippen LogP contribution is 2.29. The Kier molecular flexibility index (Phi) is 6.01. The van der Waals surface area contributed by atoms with Crippen molar-refractivity contribution in [1.82, 2.24) is 4.57 Å². The Morgan fingerprint density at radius 2 is 1.75 bits per heavy atom. The van der Waals surface area contributed by atoms with Crippen LogP contribution in [0.5, 0.6) is 5.75 Å². The van der Waals surface area contributed by atoms with E-state index in [9.17, 15) is 13.2 Å². The molecule has 1 amide bonds. The van der Waals surface area contributed by atoms with Crippen molar-refractivity contribution in [2.24, 2.45) is 0 Å². The molecule has 0 aliphatic rings. The molecule has 32 heavy (non-hydrogen) atoms. The van der Waals surface area contributed by atoms with E-state index in [0.717, 1.165) is 11.1 Å². The zero-order valence-corrected chi connectivity index (χ0v) is 18.7. The molecule has 0 aliphatic heterocycles. The number of carbonyl (C=O) groups excluding carboxylic acids is 1. The van der Waals surface area contributed by atoms with Gasteiger partial charge >= 0.3 is 0 Å². The number of rotatable bonds is 7. The van der Waals surface area contributed by atoms with Gasteiger partial charge in [-0.1, -0.05) is 60.2 Å². The van der Waals surface area contributed by atoms with Crippen LogP contribution in [0.25, 0.3) is 10.9 Å². The van der Waals surface area contributed by atoms with E-state index in [0.29, 0.717) is 22.3 Å². The highest BCUT2D eigenvalue weighted by Gasteiger charge is 2.22. The van der Waals surface area contributed by atoms with Crippen molar-refractivity contribution in [1.29, 1.82) is 0 Å². The number of methoxy groups -OCH3 is 1. The average Bonchev–Trinajstić information content (AvgIpc) is 3.13. The fourth-order valence-corrected chi connectivity index (χ4v) is 5.35. The van der Waals surface area contributed by atoms with Gasteiger partial charge in [0.25, 0.3) is 0 Å². The Labute approximate surface area is 187 Å². The van der Waals surface area contributed by atoms with Crippen molar-refractivity contribution >= 4 is 32.3 Å². The summed E-state index contributed by atoms with van der Waals surface area (Å²) in [6, 6.07) is 21.8. The lowest BCUT2D eigenvalue weighted by molar-refractivity contribution is -0.116. The summed E-state index contributed by atoms with van der Waals surface area (Å²) in [5.41, 5.74) is 2.98. The van der Waals surface area contributed by atoms with E-state index in [1.165, 1.54) is 7.11 Å². The highest BCUT2D eigenvalue weighted by molar-refractivity contribution is 7.90. The first kappa shape index (κ1) is 21.6. The van der Waals surface area contributed by atoms with Crippen LogP contribution in [0.1, 0.15) is 11.1 Å². The summed E-state index contributed by atoms with van der Waals surface area (Å²) in [5, 5.41) is 3.44. The van der Waals surface area contributed by atoms with E-state index in [4.69, 9.17) is 4.74 Å². The summed E-state index contributed by atoms with van der Waals surface area (Å²) < 4.78 is 33.5. The summed E-state index contributed by atoms with van der Waals surface area (Å²) in [4.78, 5) is 13.0. The second kappa shape index (κ2) is 8.88. The molecular formula is C25H24N2O4S. The predicted octanol–water partition coefficient (Wildman–Crippen LogP) is 4.57. The molecule has 4 rings (SSSR count). The van der Waals surface area contributed by atoms with Crippen LogP contribution in [0.3, 0.4) is 0 Å². The first-order valence-electron chi connectivity index (χ1n) is 10.2. The zero-order valence-electron chi connectivity index (χ0n) is 17.9. The largest absolute Gasteiger partial charge is 0.495 e. The number of hydrogen-bond donors (Lipinski definition) is 1. The Bertz CT molecular complexity index is 1390. The van der Waals surface area contributed by atoms with Gasteiger partial charge in [-0.2, -0.15) is 0 Å². The number of ether oxygens (including phenoxy) is 1. The standard InChI is InChI=1S/C25H24N2O4S/c1-18-8-7-9-19(14-18)17-32(29,30)24-15-27(22-12-5-3-10-20(22)24)16-25(28)26-21-11-4-6-13-23(21)31-2/h3-15H,16-17H2,1-2H3,(H,26,28). The van der Waals surface area contributed by atoms with E-state index >= 15 is 0 Å². The molecule has 7 heteroatoms. The number of hydrogen-bond acceptors (Lipinski definition) is 4. The van der Waals surface area contributed by atoms with Crippen LogP contribution in [-0.4, -0.2) is 26.0 Å². The molecule has 1 aromatic heterocycles. The molecule has 0 spiro atoms. The van der Waals surface area contributed by atoms with Gasteiger partial charge in [0.05, 0.1) is 23.4 Å². The third-order valence-electron chi connectivity index (χ3n) is 5.22. The maximum atomic E-state index is 13.3. The SMILES string of the molecule is COc1ccccc1NC(=O)Cn1cc(S(=O)(=O)Cc2cccc(C)c2)c2ccccc21. The fraction of sp³-hybridized carbons (Fsp3) is 0.160. The van der Waals surface area contributed by atoms with Gasteiger partial charge in [0.15, 0.2) is 9.84 Å². The Morgan fingerprint density at radius 1 is 1.00 bits per heavy atom. The van der Waals surface area contributed by atoms with Crippen molar-refractivity contribution < 1.29 is 17.9 Å². The number of aromatic nitrogens is 1. The summed E-state index contributed by atoms with van der Waals surface area (Å²) in [6.45, 7) is 1.90. The molecule has 0 fully saturated rings. The van der Waals surface area contributed by atoms with E-state index in [1.54, 1.807) is 41.1 Å². The summed E-state index contributed by atoms with van der Waals surface area (Å²) in [7, 11) is -2.08. The third kappa shape index (κ3) is 4.53. The van der Waals surface area contributed by atoms with Crippen LogP contribution >= 0.6 is 0 Å². The van der Waals surface area contributed by atoms with Crippen molar-refractivity contribution in [3.63, 3.8) is 0 Å². The number of nitrogens with zero attached hydrogens (tertiary/aromatic N) is 1. The van der Waals surface area contributed by atoms with Crippen molar-refractivity contribution in [3.8, 4) is 5.75 Å². The third-order valence-corrected chi connectivity index (χ3v) is 6.93. The van der Waals surface area contributed by atoms with E-state index in [-0.39, 0.29) is 23.1 Å². The first-order chi connectivity index (χ1) is 15.4. The molecule has 0 bridgehead atoms. The van der Waals surface area contributed by atoms with E-state index < -0.39 is 9.84 Å². The number of benzene rings is 3. The molecule has 6 nitrogen and oxygen atoms in total. The molecule has 0 saturated carbocycles. The fourth-order valence-electron chi connectivity index (χ4n) is 3.78. The van der Waals surface area contributed by atoms with Gasteiger partial charge in [-0.05, 0) is 30.7 Å². The number of sulfone groups is 1.